The second kappa shape index (κ2) is 8.81. The number of carbonyl (C=O) groups excluding carboxylic acids is 1. The number of benzene rings is 2. The van der Waals surface area contributed by atoms with Crippen molar-refractivity contribution in [2.45, 2.75) is 13.0 Å². The molecule has 2 heterocycles. The standard InChI is InChI=1S/C24H25N3O/c28-24(17-20-8-10-23(11-9-20)22-6-2-1-3-7-22)27-15-13-26(14-16-27)19-21-5-4-12-25-18-21/h1-12,18H,13-17,19H2. The number of amides is 1. The maximum Gasteiger partial charge on any atom is 0.227 e. The molecule has 2 aromatic carbocycles. The Hall–Kier alpha value is -2.98. The molecule has 0 spiro atoms. The number of rotatable bonds is 5. The van der Waals surface area contributed by atoms with Crippen LogP contribution in [0.4, 0.5) is 0 Å². The lowest BCUT2D eigenvalue weighted by atomic mass is 10.0. The first-order chi connectivity index (χ1) is 13.8. The third-order valence-corrected chi connectivity index (χ3v) is 5.27. The highest BCUT2D eigenvalue weighted by Crippen LogP contribution is 2.19. The smallest absolute Gasteiger partial charge is 0.227 e. The second-order valence-corrected chi connectivity index (χ2v) is 7.26. The molecular weight excluding hydrogens is 346 g/mol. The number of carbonyl (C=O) groups is 1. The Morgan fingerprint density at radius 2 is 1.50 bits per heavy atom. The number of hydrogen-bond acceptors (Lipinski definition) is 3. The summed E-state index contributed by atoms with van der Waals surface area (Å²) in [6.45, 7) is 4.31. The van der Waals surface area contributed by atoms with Gasteiger partial charge in [-0.3, -0.25) is 14.7 Å². The van der Waals surface area contributed by atoms with E-state index in [4.69, 9.17) is 0 Å². The molecule has 1 aromatic heterocycles. The highest BCUT2D eigenvalue weighted by atomic mass is 16.2. The maximum absolute atomic E-state index is 12.7. The van der Waals surface area contributed by atoms with E-state index in [2.05, 4.69) is 52.3 Å². The topological polar surface area (TPSA) is 36.4 Å². The zero-order chi connectivity index (χ0) is 19.2. The molecule has 4 heteroatoms. The fraction of sp³-hybridized carbons (Fsp3) is 0.250. The fourth-order valence-electron chi connectivity index (χ4n) is 3.64. The van der Waals surface area contributed by atoms with Gasteiger partial charge in [0.25, 0.3) is 0 Å². The van der Waals surface area contributed by atoms with Gasteiger partial charge in [0.15, 0.2) is 0 Å². The van der Waals surface area contributed by atoms with Crippen LogP contribution in [0.2, 0.25) is 0 Å². The largest absolute Gasteiger partial charge is 0.340 e. The van der Waals surface area contributed by atoms with Crippen molar-refractivity contribution in [2.75, 3.05) is 26.2 Å². The second-order valence-electron chi connectivity index (χ2n) is 7.26. The maximum atomic E-state index is 12.7. The van der Waals surface area contributed by atoms with Gasteiger partial charge < -0.3 is 4.90 Å². The van der Waals surface area contributed by atoms with Crippen molar-refractivity contribution in [1.29, 1.82) is 0 Å². The summed E-state index contributed by atoms with van der Waals surface area (Å²) < 4.78 is 0. The van der Waals surface area contributed by atoms with Crippen molar-refractivity contribution in [3.8, 4) is 11.1 Å². The molecule has 1 aliphatic rings. The number of aromatic nitrogens is 1. The van der Waals surface area contributed by atoms with E-state index < -0.39 is 0 Å². The SMILES string of the molecule is O=C(Cc1ccc(-c2ccccc2)cc1)N1CCN(Cc2cccnc2)CC1. The van der Waals surface area contributed by atoms with Crippen LogP contribution in [0.25, 0.3) is 11.1 Å². The Morgan fingerprint density at radius 1 is 0.786 bits per heavy atom. The van der Waals surface area contributed by atoms with Crippen LogP contribution in [0.15, 0.2) is 79.1 Å². The van der Waals surface area contributed by atoms with E-state index in [-0.39, 0.29) is 5.91 Å². The van der Waals surface area contributed by atoms with Crippen LogP contribution >= 0.6 is 0 Å². The van der Waals surface area contributed by atoms with Crippen LogP contribution in [0.5, 0.6) is 0 Å². The average Bonchev–Trinajstić information content (AvgIpc) is 2.76. The quantitative estimate of drug-likeness (QED) is 0.687. The molecule has 0 unspecified atom stereocenters. The summed E-state index contributed by atoms with van der Waals surface area (Å²) in [4.78, 5) is 21.2. The van der Waals surface area contributed by atoms with E-state index in [0.29, 0.717) is 6.42 Å². The molecule has 0 N–H and O–H groups in total. The molecular formula is C24H25N3O. The van der Waals surface area contributed by atoms with E-state index in [1.165, 1.54) is 16.7 Å². The Kier molecular flexibility index (Phi) is 5.78. The van der Waals surface area contributed by atoms with E-state index in [0.717, 1.165) is 38.3 Å². The van der Waals surface area contributed by atoms with Gasteiger partial charge >= 0.3 is 0 Å². The fourth-order valence-corrected chi connectivity index (χ4v) is 3.64. The van der Waals surface area contributed by atoms with Crippen LogP contribution in [0.1, 0.15) is 11.1 Å². The number of hydrogen-bond donors (Lipinski definition) is 0. The van der Waals surface area contributed by atoms with E-state index in [1.807, 2.05) is 35.4 Å². The summed E-state index contributed by atoms with van der Waals surface area (Å²) >= 11 is 0. The van der Waals surface area contributed by atoms with Crippen LogP contribution in [0.3, 0.4) is 0 Å². The molecule has 142 valence electrons. The van der Waals surface area contributed by atoms with E-state index in [9.17, 15) is 4.79 Å². The average molecular weight is 371 g/mol. The van der Waals surface area contributed by atoms with Gasteiger partial charge in [-0.05, 0) is 28.3 Å². The first-order valence-corrected chi connectivity index (χ1v) is 9.81. The molecule has 1 saturated heterocycles. The van der Waals surface area contributed by atoms with Crippen LogP contribution in [-0.4, -0.2) is 46.9 Å². The summed E-state index contributed by atoms with van der Waals surface area (Å²) in [7, 11) is 0. The predicted molar refractivity (Wildman–Crippen MR) is 112 cm³/mol. The van der Waals surface area contributed by atoms with Gasteiger partial charge in [-0.15, -0.1) is 0 Å². The minimum absolute atomic E-state index is 0.216. The van der Waals surface area contributed by atoms with Gasteiger partial charge in [0.2, 0.25) is 5.91 Å². The van der Waals surface area contributed by atoms with Crippen molar-refractivity contribution in [3.05, 3.63) is 90.3 Å². The zero-order valence-corrected chi connectivity index (χ0v) is 16.0. The molecule has 0 bridgehead atoms. The van der Waals surface area contributed by atoms with Crippen LogP contribution in [-0.2, 0) is 17.8 Å². The van der Waals surface area contributed by atoms with Crippen molar-refractivity contribution in [3.63, 3.8) is 0 Å². The summed E-state index contributed by atoms with van der Waals surface area (Å²) in [5, 5.41) is 0. The molecule has 1 amide bonds. The predicted octanol–water partition coefficient (Wildman–Crippen LogP) is 3.64. The molecule has 0 saturated carbocycles. The van der Waals surface area contributed by atoms with Gasteiger partial charge in [-0.1, -0.05) is 60.7 Å². The first-order valence-electron chi connectivity index (χ1n) is 9.81. The van der Waals surface area contributed by atoms with Gasteiger partial charge in [0.1, 0.15) is 0 Å². The molecule has 1 aliphatic heterocycles. The Morgan fingerprint density at radius 3 is 2.18 bits per heavy atom. The van der Waals surface area contributed by atoms with E-state index >= 15 is 0 Å². The molecule has 4 rings (SSSR count). The van der Waals surface area contributed by atoms with Crippen LogP contribution in [0, 0.1) is 0 Å². The van der Waals surface area contributed by atoms with Gasteiger partial charge in [0.05, 0.1) is 6.42 Å². The monoisotopic (exact) mass is 371 g/mol. The number of pyridine rings is 1. The lowest BCUT2D eigenvalue weighted by Gasteiger charge is -2.34. The molecule has 4 nitrogen and oxygen atoms in total. The molecule has 3 aromatic rings. The lowest BCUT2D eigenvalue weighted by molar-refractivity contribution is -0.132. The van der Waals surface area contributed by atoms with E-state index in [1.54, 1.807) is 6.20 Å². The van der Waals surface area contributed by atoms with Crippen LogP contribution < -0.4 is 0 Å². The first kappa shape index (κ1) is 18.4. The number of piperazine rings is 1. The lowest BCUT2D eigenvalue weighted by Crippen LogP contribution is -2.48. The number of nitrogens with zero attached hydrogens (tertiary/aromatic N) is 3. The minimum Gasteiger partial charge on any atom is -0.340 e. The third kappa shape index (κ3) is 4.65. The molecule has 0 radical (unpaired) electrons. The Balaban J connectivity index is 1.29. The van der Waals surface area contributed by atoms with Gasteiger partial charge in [-0.2, -0.15) is 0 Å². The highest BCUT2D eigenvalue weighted by molar-refractivity contribution is 5.79. The molecule has 0 aliphatic carbocycles. The molecule has 0 atom stereocenters. The van der Waals surface area contributed by atoms with Crippen molar-refractivity contribution < 1.29 is 4.79 Å². The zero-order valence-electron chi connectivity index (χ0n) is 16.0. The minimum atomic E-state index is 0.216. The van der Waals surface area contributed by atoms with Crippen molar-refractivity contribution in [2.24, 2.45) is 0 Å². The van der Waals surface area contributed by atoms with Crippen molar-refractivity contribution in [1.82, 2.24) is 14.8 Å². The summed E-state index contributed by atoms with van der Waals surface area (Å²) in [6.07, 6.45) is 4.18. The Labute approximate surface area is 166 Å². The Bertz CT molecular complexity index is 886. The normalized spacial score (nSPS) is 14.8. The van der Waals surface area contributed by atoms with Crippen molar-refractivity contribution >= 4 is 5.91 Å². The molecule has 1 fully saturated rings. The summed E-state index contributed by atoms with van der Waals surface area (Å²) in [5.41, 5.74) is 4.68. The molecule has 28 heavy (non-hydrogen) atoms. The summed E-state index contributed by atoms with van der Waals surface area (Å²) in [6, 6.07) is 22.7. The van der Waals surface area contributed by atoms with Gasteiger partial charge in [0, 0.05) is 45.1 Å². The summed E-state index contributed by atoms with van der Waals surface area (Å²) in [5.74, 6) is 0.216. The van der Waals surface area contributed by atoms with Gasteiger partial charge in [-0.25, -0.2) is 0 Å². The highest BCUT2D eigenvalue weighted by Gasteiger charge is 2.21. The third-order valence-electron chi connectivity index (χ3n) is 5.27.